The van der Waals surface area contributed by atoms with Crippen LogP contribution >= 0.6 is 11.3 Å². The second-order valence-corrected chi connectivity index (χ2v) is 6.13. The van der Waals surface area contributed by atoms with Crippen molar-refractivity contribution in [1.82, 2.24) is 9.55 Å². The molecule has 0 amide bonds. The summed E-state index contributed by atoms with van der Waals surface area (Å²) in [6.07, 6.45) is 6.30. The standard InChI is InChI=1S/C15H19N3OS/c1-3-9-16-15-17-13-12(14(19)18(15)4-2)10-7-5-6-8-11(10)20-13/h3H,1,4-9H2,2H3,(H,16,17). The minimum atomic E-state index is 0.100. The second kappa shape index (κ2) is 5.40. The SMILES string of the molecule is C=CCNc1nc2sc3c(c2c(=O)n1CC)CCCC3. The van der Waals surface area contributed by atoms with Crippen molar-refractivity contribution in [3.05, 3.63) is 33.4 Å². The van der Waals surface area contributed by atoms with E-state index in [-0.39, 0.29) is 5.56 Å². The molecule has 2 aromatic heterocycles. The summed E-state index contributed by atoms with van der Waals surface area (Å²) >= 11 is 1.69. The lowest BCUT2D eigenvalue weighted by atomic mass is 9.97. The number of nitrogens with zero attached hydrogens (tertiary/aromatic N) is 2. The third kappa shape index (κ3) is 2.06. The summed E-state index contributed by atoms with van der Waals surface area (Å²) < 4.78 is 1.73. The fraction of sp³-hybridized carbons (Fsp3) is 0.467. The number of hydrogen-bond donors (Lipinski definition) is 1. The molecule has 0 bridgehead atoms. The molecule has 2 aromatic rings. The van der Waals surface area contributed by atoms with E-state index in [0.717, 1.165) is 23.1 Å². The Morgan fingerprint density at radius 1 is 1.45 bits per heavy atom. The van der Waals surface area contributed by atoms with E-state index in [1.807, 2.05) is 6.92 Å². The van der Waals surface area contributed by atoms with Gasteiger partial charge < -0.3 is 5.32 Å². The van der Waals surface area contributed by atoms with Gasteiger partial charge in [-0.2, -0.15) is 0 Å². The van der Waals surface area contributed by atoms with Crippen LogP contribution in [0.4, 0.5) is 5.95 Å². The van der Waals surface area contributed by atoms with Gasteiger partial charge in [0.2, 0.25) is 5.95 Å². The van der Waals surface area contributed by atoms with Crippen molar-refractivity contribution in [2.45, 2.75) is 39.2 Å². The van der Waals surface area contributed by atoms with Gasteiger partial charge >= 0.3 is 0 Å². The number of aromatic nitrogens is 2. The highest BCUT2D eigenvalue weighted by molar-refractivity contribution is 7.18. The third-order valence-electron chi connectivity index (χ3n) is 3.80. The molecule has 4 nitrogen and oxygen atoms in total. The van der Waals surface area contributed by atoms with Crippen LogP contribution in [0.25, 0.3) is 10.2 Å². The van der Waals surface area contributed by atoms with Crippen LogP contribution < -0.4 is 10.9 Å². The molecule has 0 aromatic carbocycles. The Morgan fingerprint density at radius 2 is 2.25 bits per heavy atom. The van der Waals surface area contributed by atoms with E-state index in [2.05, 4.69) is 16.9 Å². The minimum absolute atomic E-state index is 0.100. The molecule has 1 aliphatic rings. The lowest BCUT2D eigenvalue weighted by Crippen LogP contribution is -2.24. The van der Waals surface area contributed by atoms with Crippen molar-refractivity contribution in [3.8, 4) is 0 Å². The zero-order chi connectivity index (χ0) is 14.1. The molecule has 20 heavy (non-hydrogen) atoms. The number of rotatable bonds is 4. The number of hydrogen-bond acceptors (Lipinski definition) is 4. The molecular formula is C15H19N3OS. The van der Waals surface area contributed by atoms with Gasteiger partial charge in [-0.3, -0.25) is 9.36 Å². The zero-order valence-electron chi connectivity index (χ0n) is 11.7. The van der Waals surface area contributed by atoms with E-state index in [1.54, 1.807) is 22.0 Å². The van der Waals surface area contributed by atoms with E-state index in [4.69, 9.17) is 0 Å². The average molecular weight is 289 g/mol. The summed E-state index contributed by atoms with van der Waals surface area (Å²) in [5.41, 5.74) is 1.36. The monoisotopic (exact) mass is 289 g/mol. The van der Waals surface area contributed by atoms with Crippen molar-refractivity contribution < 1.29 is 0 Å². The van der Waals surface area contributed by atoms with Crippen LogP contribution in [0.15, 0.2) is 17.4 Å². The van der Waals surface area contributed by atoms with Crippen LogP contribution in [0, 0.1) is 0 Å². The maximum atomic E-state index is 12.7. The predicted molar refractivity (Wildman–Crippen MR) is 84.9 cm³/mol. The van der Waals surface area contributed by atoms with Crippen molar-refractivity contribution in [2.75, 3.05) is 11.9 Å². The molecule has 106 valence electrons. The quantitative estimate of drug-likeness (QED) is 0.880. The molecular weight excluding hydrogens is 270 g/mol. The molecule has 3 rings (SSSR count). The highest BCUT2D eigenvalue weighted by atomic mass is 32.1. The van der Waals surface area contributed by atoms with Crippen molar-refractivity contribution in [3.63, 3.8) is 0 Å². The Hall–Kier alpha value is -1.62. The van der Waals surface area contributed by atoms with Crippen LogP contribution in [0.3, 0.4) is 0 Å². The topological polar surface area (TPSA) is 46.9 Å². The molecule has 0 unspecified atom stereocenters. The van der Waals surface area contributed by atoms with E-state index in [0.29, 0.717) is 19.0 Å². The number of nitrogens with one attached hydrogen (secondary N) is 1. The largest absolute Gasteiger partial charge is 0.352 e. The summed E-state index contributed by atoms with van der Waals surface area (Å²) in [4.78, 5) is 19.7. The second-order valence-electron chi connectivity index (χ2n) is 5.05. The van der Waals surface area contributed by atoms with Gasteiger partial charge in [0.1, 0.15) is 4.83 Å². The molecule has 0 fully saturated rings. The van der Waals surface area contributed by atoms with Gasteiger partial charge in [0.15, 0.2) is 0 Å². The number of anilines is 1. The smallest absolute Gasteiger partial charge is 0.263 e. The van der Waals surface area contributed by atoms with Gasteiger partial charge in [-0.05, 0) is 38.2 Å². The first-order valence-electron chi connectivity index (χ1n) is 7.16. The molecule has 1 N–H and O–H groups in total. The van der Waals surface area contributed by atoms with E-state index in [1.165, 1.54) is 23.3 Å². The van der Waals surface area contributed by atoms with Crippen LogP contribution in [0.5, 0.6) is 0 Å². The van der Waals surface area contributed by atoms with Crippen molar-refractivity contribution in [2.24, 2.45) is 0 Å². The van der Waals surface area contributed by atoms with E-state index < -0.39 is 0 Å². The fourth-order valence-corrected chi connectivity index (χ4v) is 4.08. The molecule has 0 saturated carbocycles. The Labute approximate surface area is 122 Å². The fourth-order valence-electron chi connectivity index (χ4n) is 2.83. The molecule has 0 spiro atoms. The molecule has 0 atom stereocenters. The maximum Gasteiger partial charge on any atom is 0.263 e. The number of fused-ring (bicyclic) bond motifs is 3. The molecule has 0 radical (unpaired) electrons. The molecule has 0 saturated heterocycles. The van der Waals surface area contributed by atoms with Crippen molar-refractivity contribution >= 4 is 27.5 Å². The van der Waals surface area contributed by atoms with E-state index in [9.17, 15) is 4.79 Å². The summed E-state index contributed by atoms with van der Waals surface area (Å²) in [5, 5.41) is 4.02. The molecule has 2 heterocycles. The van der Waals surface area contributed by atoms with Crippen molar-refractivity contribution in [1.29, 1.82) is 0 Å². The Bertz CT molecular complexity index is 714. The normalized spacial score (nSPS) is 14.2. The minimum Gasteiger partial charge on any atom is -0.352 e. The van der Waals surface area contributed by atoms with Gasteiger partial charge in [-0.1, -0.05) is 6.08 Å². The highest BCUT2D eigenvalue weighted by Crippen LogP contribution is 2.34. The highest BCUT2D eigenvalue weighted by Gasteiger charge is 2.21. The van der Waals surface area contributed by atoms with E-state index >= 15 is 0 Å². The summed E-state index contributed by atoms with van der Waals surface area (Å²) in [7, 11) is 0. The summed E-state index contributed by atoms with van der Waals surface area (Å²) in [5.74, 6) is 0.656. The zero-order valence-corrected chi connectivity index (χ0v) is 12.6. The Morgan fingerprint density at radius 3 is 3.00 bits per heavy atom. The summed E-state index contributed by atoms with van der Waals surface area (Å²) in [6, 6.07) is 0. The van der Waals surface area contributed by atoms with Crippen LogP contribution in [-0.2, 0) is 19.4 Å². The van der Waals surface area contributed by atoms with Gasteiger partial charge in [0.05, 0.1) is 5.39 Å². The van der Waals surface area contributed by atoms with Crippen LogP contribution in [0.2, 0.25) is 0 Å². The van der Waals surface area contributed by atoms with Gasteiger partial charge in [-0.15, -0.1) is 17.9 Å². The van der Waals surface area contributed by atoms with Gasteiger partial charge in [0.25, 0.3) is 5.56 Å². The Balaban J connectivity index is 2.23. The first-order valence-corrected chi connectivity index (χ1v) is 7.97. The predicted octanol–water partition coefficient (Wildman–Crippen LogP) is 2.95. The van der Waals surface area contributed by atoms with Gasteiger partial charge in [-0.25, -0.2) is 4.98 Å². The van der Waals surface area contributed by atoms with Crippen LogP contribution in [0.1, 0.15) is 30.2 Å². The number of aryl methyl sites for hydroxylation is 2. The first kappa shape index (κ1) is 13.4. The summed E-state index contributed by atoms with van der Waals surface area (Å²) in [6.45, 7) is 6.92. The van der Waals surface area contributed by atoms with Crippen LogP contribution in [-0.4, -0.2) is 16.1 Å². The lowest BCUT2D eigenvalue weighted by Gasteiger charge is -2.12. The molecule has 1 aliphatic carbocycles. The first-order chi connectivity index (χ1) is 9.76. The maximum absolute atomic E-state index is 12.7. The Kier molecular flexibility index (Phi) is 3.61. The molecule has 5 heteroatoms. The van der Waals surface area contributed by atoms with Gasteiger partial charge in [0, 0.05) is 18.0 Å². The average Bonchev–Trinajstić information content (AvgIpc) is 2.83. The lowest BCUT2D eigenvalue weighted by molar-refractivity contribution is 0.695. The molecule has 0 aliphatic heterocycles. The number of thiophene rings is 1. The third-order valence-corrected chi connectivity index (χ3v) is 4.98.